The van der Waals surface area contributed by atoms with E-state index in [0.717, 1.165) is 13.0 Å². The number of carbonyl (C=O) groups excluding carboxylic acids is 1. The molecule has 2 aliphatic rings. The minimum absolute atomic E-state index is 0.0855. The summed E-state index contributed by atoms with van der Waals surface area (Å²) in [4.78, 5) is 18.6. The van der Waals surface area contributed by atoms with Crippen LogP contribution in [0.1, 0.15) is 23.4 Å². The molecule has 0 aliphatic carbocycles. The normalized spacial score (nSPS) is 21.5. The molecule has 0 spiro atoms. The van der Waals surface area contributed by atoms with Crippen LogP contribution in [0.4, 0.5) is 0 Å². The van der Waals surface area contributed by atoms with E-state index in [1.54, 1.807) is 46.6 Å². The van der Waals surface area contributed by atoms with Gasteiger partial charge in [0.1, 0.15) is 0 Å². The van der Waals surface area contributed by atoms with E-state index >= 15 is 0 Å². The molecule has 8 heteroatoms. The van der Waals surface area contributed by atoms with E-state index in [9.17, 15) is 13.2 Å². The van der Waals surface area contributed by atoms with E-state index in [2.05, 4.69) is 23.3 Å². The number of nitrogens with zero attached hydrogens (tertiary/aromatic N) is 3. The number of hydrogen-bond donors (Lipinski definition) is 0. The fraction of sp³-hybridized carbons (Fsp3) is 0.450. The highest BCUT2D eigenvalue weighted by Gasteiger charge is 2.32. The van der Waals surface area contributed by atoms with Gasteiger partial charge in [-0.3, -0.25) is 9.69 Å². The third kappa shape index (κ3) is 3.74. The van der Waals surface area contributed by atoms with Crippen LogP contribution in [-0.4, -0.2) is 67.7 Å². The molecule has 1 atom stereocenters. The van der Waals surface area contributed by atoms with E-state index in [-0.39, 0.29) is 11.9 Å². The van der Waals surface area contributed by atoms with Crippen molar-refractivity contribution >= 4 is 27.3 Å². The molecule has 1 aromatic carbocycles. The zero-order valence-electron chi connectivity index (χ0n) is 16.0. The van der Waals surface area contributed by atoms with Crippen LogP contribution >= 0.6 is 11.3 Å². The predicted octanol–water partition coefficient (Wildman–Crippen LogP) is 2.20. The first-order chi connectivity index (χ1) is 13.5. The molecule has 1 saturated heterocycles. The molecule has 2 aromatic rings. The Bertz CT molecular complexity index is 935. The summed E-state index contributed by atoms with van der Waals surface area (Å²) in [5, 5.41) is 2.12. The zero-order chi connectivity index (χ0) is 19.7. The van der Waals surface area contributed by atoms with Crippen LogP contribution < -0.4 is 0 Å². The third-order valence-corrected chi connectivity index (χ3v) is 8.62. The van der Waals surface area contributed by atoms with Crippen molar-refractivity contribution < 1.29 is 13.2 Å². The molecule has 28 heavy (non-hydrogen) atoms. The van der Waals surface area contributed by atoms with E-state index in [4.69, 9.17) is 0 Å². The molecule has 6 nitrogen and oxygen atoms in total. The van der Waals surface area contributed by atoms with Crippen LogP contribution in [0.5, 0.6) is 0 Å². The second-order valence-electron chi connectivity index (χ2n) is 7.29. The quantitative estimate of drug-likeness (QED) is 0.762. The largest absolute Gasteiger partial charge is 0.339 e. The van der Waals surface area contributed by atoms with Crippen LogP contribution in [0.25, 0.3) is 0 Å². The summed E-state index contributed by atoms with van der Waals surface area (Å²) in [5.41, 5.74) is 1.34. The molecule has 150 valence electrons. The fourth-order valence-electron chi connectivity index (χ4n) is 3.97. The van der Waals surface area contributed by atoms with Gasteiger partial charge in [-0.15, -0.1) is 11.3 Å². The summed E-state index contributed by atoms with van der Waals surface area (Å²) in [7, 11) is -3.49. The van der Waals surface area contributed by atoms with Crippen molar-refractivity contribution in [3.05, 3.63) is 52.2 Å². The molecule has 1 aromatic heterocycles. The molecule has 2 aliphatic heterocycles. The SMILES string of the molecule is C[C@H]1c2ccsc2CCN1CC(=O)N1CCN(S(=O)(=O)c2ccccc2)CC1. The Balaban J connectivity index is 1.35. The van der Waals surface area contributed by atoms with Gasteiger partial charge >= 0.3 is 0 Å². The average Bonchev–Trinajstić information content (AvgIpc) is 3.20. The lowest BCUT2D eigenvalue weighted by molar-refractivity contribution is -0.134. The van der Waals surface area contributed by atoms with Gasteiger partial charge in [0.15, 0.2) is 0 Å². The van der Waals surface area contributed by atoms with Crippen LogP contribution in [-0.2, 0) is 21.2 Å². The number of thiophene rings is 1. The molecule has 0 N–H and O–H groups in total. The highest BCUT2D eigenvalue weighted by molar-refractivity contribution is 7.89. The third-order valence-electron chi connectivity index (χ3n) is 5.71. The highest BCUT2D eigenvalue weighted by atomic mass is 32.2. The summed E-state index contributed by atoms with van der Waals surface area (Å²) in [6, 6.07) is 10.9. The summed E-state index contributed by atoms with van der Waals surface area (Å²) in [6.07, 6.45) is 0.994. The van der Waals surface area contributed by atoms with E-state index in [0.29, 0.717) is 37.6 Å². The molecule has 0 radical (unpaired) electrons. The maximum absolute atomic E-state index is 12.8. The first-order valence-corrected chi connectivity index (χ1v) is 11.9. The maximum Gasteiger partial charge on any atom is 0.243 e. The Morgan fingerprint density at radius 1 is 1.07 bits per heavy atom. The molecule has 0 saturated carbocycles. The van der Waals surface area contributed by atoms with Crippen LogP contribution in [0, 0.1) is 0 Å². The van der Waals surface area contributed by atoms with E-state index in [1.165, 1.54) is 14.7 Å². The second-order valence-corrected chi connectivity index (χ2v) is 10.2. The number of sulfonamides is 1. The van der Waals surface area contributed by atoms with Gasteiger partial charge in [0, 0.05) is 43.6 Å². The molecule has 4 rings (SSSR count). The number of carbonyl (C=O) groups is 1. The van der Waals surface area contributed by atoms with Crippen LogP contribution in [0.2, 0.25) is 0 Å². The van der Waals surface area contributed by atoms with Crippen molar-refractivity contribution in [3.63, 3.8) is 0 Å². The summed E-state index contributed by atoms with van der Waals surface area (Å²) in [5.74, 6) is 0.0855. The standard InChI is InChI=1S/C20H25N3O3S2/c1-16-18-8-14-27-19(18)7-9-22(16)15-20(24)21-10-12-23(13-11-21)28(25,26)17-5-3-2-4-6-17/h2-6,8,14,16H,7,9-13,15H2,1H3/t16-/m0/s1. The van der Waals surface area contributed by atoms with Gasteiger partial charge in [-0.25, -0.2) is 8.42 Å². The second kappa shape index (κ2) is 7.94. The van der Waals surface area contributed by atoms with Gasteiger partial charge in [0.2, 0.25) is 15.9 Å². The summed E-state index contributed by atoms with van der Waals surface area (Å²) >= 11 is 1.79. The van der Waals surface area contributed by atoms with Gasteiger partial charge in [-0.05, 0) is 42.5 Å². The van der Waals surface area contributed by atoms with Crippen LogP contribution in [0.3, 0.4) is 0 Å². The Labute approximate surface area is 170 Å². The Hall–Kier alpha value is -1.74. The molecule has 1 amide bonds. The first-order valence-electron chi connectivity index (χ1n) is 9.60. The Kier molecular flexibility index (Phi) is 5.55. The maximum atomic E-state index is 12.8. The fourth-order valence-corrected chi connectivity index (χ4v) is 6.38. The highest BCUT2D eigenvalue weighted by Crippen LogP contribution is 2.32. The number of fused-ring (bicyclic) bond motifs is 1. The lowest BCUT2D eigenvalue weighted by Gasteiger charge is -2.37. The topological polar surface area (TPSA) is 60.9 Å². The van der Waals surface area contributed by atoms with E-state index < -0.39 is 10.0 Å². The minimum Gasteiger partial charge on any atom is -0.339 e. The van der Waals surface area contributed by atoms with Crippen molar-refractivity contribution in [3.8, 4) is 0 Å². The van der Waals surface area contributed by atoms with Gasteiger partial charge in [0.25, 0.3) is 0 Å². The average molecular weight is 420 g/mol. The summed E-state index contributed by atoms with van der Waals surface area (Å²) in [6.45, 7) is 5.00. The Morgan fingerprint density at radius 3 is 2.50 bits per heavy atom. The number of rotatable bonds is 4. The van der Waals surface area contributed by atoms with Gasteiger partial charge < -0.3 is 4.90 Å². The number of hydrogen-bond acceptors (Lipinski definition) is 5. The van der Waals surface area contributed by atoms with Crippen molar-refractivity contribution in [2.24, 2.45) is 0 Å². The molecule has 3 heterocycles. The van der Waals surface area contributed by atoms with Crippen molar-refractivity contribution in [1.29, 1.82) is 0 Å². The predicted molar refractivity (Wildman–Crippen MR) is 110 cm³/mol. The van der Waals surface area contributed by atoms with Crippen molar-refractivity contribution in [1.82, 2.24) is 14.1 Å². The first kappa shape index (κ1) is 19.6. The lowest BCUT2D eigenvalue weighted by atomic mass is 10.0. The summed E-state index contributed by atoms with van der Waals surface area (Å²) < 4.78 is 26.9. The smallest absolute Gasteiger partial charge is 0.243 e. The van der Waals surface area contributed by atoms with Crippen LogP contribution in [0.15, 0.2) is 46.7 Å². The molecule has 0 unspecified atom stereocenters. The number of piperazine rings is 1. The molecular formula is C20H25N3O3S2. The van der Waals surface area contributed by atoms with E-state index in [1.807, 2.05) is 0 Å². The van der Waals surface area contributed by atoms with Gasteiger partial charge in [0.05, 0.1) is 11.4 Å². The van der Waals surface area contributed by atoms with Gasteiger partial charge in [-0.2, -0.15) is 4.31 Å². The van der Waals surface area contributed by atoms with Gasteiger partial charge in [-0.1, -0.05) is 18.2 Å². The molecular weight excluding hydrogens is 394 g/mol. The molecule has 1 fully saturated rings. The lowest BCUT2D eigenvalue weighted by Crippen LogP contribution is -2.53. The molecule has 0 bridgehead atoms. The monoisotopic (exact) mass is 419 g/mol. The minimum atomic E-state index is -3.49. The number of benzene rings is 1. The number of amides is 1. The van der Waals surface area contributed by atoms with Crippen molar-refractivity contribution in [2.75, 3.05) is 39.3 Å². The zero-order valence-corrected chi connectivity index (χ0v) is 17.6. The van der Waals surface area contributed by atoms with Crippen molar-refractivity contribution in [2.45, 2.75) is 24.3 Å². The Morgan fingerprint density at radius 2 is 1.79 bits per heavy atom.